The van der Waals surface area contributed by atoms with Crippen LogP contribution in [0.2, 0.25) is 5.02 Å². The Morgan fingerprint density at radius 1 is 1.32 bits per heavy atom. The van der Waals surface area contributed by atoms with Gasteiger partial charge in [0.2, 0.25) is 5.91 Å². The summed E-state index contributed by atoms with van der Waals surface area (Å²) in [6, 6.07) is 14.3. The largest absolute Gasteiger partial charge is 0.492 e. The standard InChI is InChI=1S/C21H18ClN3O3/c1-2-27-18-8-7-14(12-23)11-17(18)25-20(26)9-10-21-24-13-19(28-21)15-5-3-4-6-16(15)22/h3-8,11,13H,2,9-10H2,1H3,(H,25,26). The van der Waals surface area contributed by atoms with Crippen LogP contribution in [0.25, 0.3) is 11.3 Å². The van der Waals surface area contributed by atoms with Crippen molar-refractivity contribution in [3.05, 3.63) is 65.1 Å². The van der Waals surface area contributed by atoms with Gasteiger partial charge in [0.15, 0.2) is 11.7 Å². The van der Waals surface area contributed by atoms with E-state index in [2.05, 4.69) is 10.3 Å². The van der Waals surface area contributed by atoms with Gasteiger partial charge >= 0.3 is 0 Å². The van der Waals surface area contributed by atoms with Gasteiger partial charge in [-0.25, -0.2) is 4.98 Å². The molecule has 0 bridgehead atoms. The maximum absolute atomic E-state index is 12.3. The monoisotopic (exact) mass is 395 g/mol. The highest BCUT2D eigenvalue weighted by atomic mass is 35.5. The summed E-state index contributed by atoms with van der Waals surface area (Å²) in [4.78, 5) is 16.5. The summed E-state index contributed by atoms with van der Waals surface area (Å²) < 4.78 is 11.2. The van der Waals surface area contributed by atoms with Gasteiger partial charge in [0, 0.05) is 18.4 Å². The number of halogens is 1. The third kappa shape index (κ3) is 4.70. The molecule has 1 heterocycles. The van der Waals surface area contributed by atoms with Crippen LogP contribution in [0.15, 0.2) is 53.1 Å². The molecule has 1 N–H and O–H groups in total. The average Bonchev–Trinajstić information content (AvgIpc) is 3.17. The number of carbonyl (C=O) groups excluding carboxylic acids is 1. The van der Waals surface area contributed by atoms with Gasteiger partial charge in [-0.05, 0) is 37.3 Å². The Labute approximate surface area is 167 Å². The number of hydrogen-bond donors (Lipinski definition) is 1. The number of hydrogen-bond acceptors (Lipinski definition) is 5. The molecule has 0 radical (unpaired) electrons. The molecule has 0 unspecified atom stereocenters. The second-order valence-electron chi connectivity index (χ2n) is 5.90. The molecular weight excluding hydrogens is 378 g/mol. The number of aromatic nitrogens is 1. The van der Waals surface area contributed by atoms with E-state index < -0.39 is 0 Å². The SMILES string of the molecule is CCOc1ccc(C#N)cc1NC(=O)CCc1ncc(-c2ccccc2Cl)o1. The number of ether oxygens (including phenoxy) is 1. The summed E-state index contributed by atoms with van der Waals surface area (Å²) in [5.41, 5.74) is 1.66. The van der Waals surface area contributed by atoms with Crippen LogP contribution in [0, 0.1) is 11.3 Å². The van der Waals surface area contributed by atoms with Crippen molar-refractivity contribution in [2.24, 2.45) is 0 Å². The molecule has 28 heavy (non-hydrogen) atoms. The van der Waals surface area contributed by atoms with Gasteiger partial charge in [-0.1, -0.05) is 23.7 Å². The number of nitriles is 1. The van der Waals surface area contributed by atoms with Gasteiger partial charge in [0.05, 0.1) is 35.1 Å². The van der Waals surface area contributed by atoms with Crippen LogP contribution in [0.3, 0.4) is 0 Å². The van der Waals surface area contributed by atoms with Crippen LogP contribution >= 0.6 is 11.6 Å². The van der Waals surface area contributed by atoms with Gasteiger partial charge in [0.1, 0.15) is 5.75 Å². The van der Waals surface area contributed by atoms with Crippen molar-refractivity contribution < 1.29 is 13.9 Å². The zero-order chi connectivity index (χ0) is 19.9. The summed E-state index contributed by atoms with van der Waals surface area (Å²) in [6.07, 6.45) is 2.10. The first kappa shape index (κ1) is 19.5. The van der Waals surface area contributed by atoms with Crippen LogP contribution in [0.5, 0.6) is 5.75 Å². The van der Waals surface area contributed by atoms with E-state index in [4.69, 9.17) is 26.0 Å². The molecule has 1 amide bonds. The molecule has 0 fully saturated rings. The van der Waals surface area contributed by atoms with Gasteiger partial charge < -0.3 is 14.5 Å². The molecular formula is C21H18ClN3O3. The van der Waals surface area contributed by atoms with E-state index >= 15 is 0 Å². The Balaban J connectivity index is 1.64. The molecule has 0 aliphatic rings. The first-order valence-corrected chi connectivity index (χ1v) is 9.15. The lowest BCUT2D eigenvalue weighted by molar-refractivity contribution is -0.116. The zero-order valence-corrected chi connectivity index (χ0v) is 16.0. The first-order chi connectivity index (χ1) is 13.6. The van der Waals surface area contributed by atoms with Gasteiger partial charge in [0.25, 0.3) is 0 Å². The third-order valence-electron chi connectivity index (χ3n) is 3.94. The minimum atomic E-state index is -0.228. The average molecular weight is 396 g/mol. The summed E-state index contributed by atoms with van der Waals surface area (Å²) in [5, 5.41) is 12.4. The van der Waals surface area contributed by atoms with Crippen molar-refractivity contribution in [1.82, 2.24) is 4.98 Å². The van der Waals surface area contributed by atoms with Crippen LogP contribution in [-0.4, -0.2) is 17.5 Å². The van der Waals surface area contributed by atoms with E-state index in [1.807, 2.05) is 31.2 Å². The maximum Gasteiger partial charge on any atom is 0.224 e. The Morgan fingerprint density at radius 3 is 2.89 bits per heavy atom. The predicted molar refractivity (Wildman–Crippen MR) is 106 cm³/mol. The number of oxazole rings is 1. The molecule has 1 aromatic heterocycles. The molecule has 0 aliphatic carbocycles. The van der Waals surface area contributed by atoms with Crippen molar-refractivity contribution >= 4 is 23.2 Å². The second kappa shape index (κ2) is 9.07. The molecule has 2 aromatic carbocycles. The molecule has 3 rings (SSSR count). The number of nitrogens with zero attached hydrogens (tertiary/aromatic N) is 2. The minimum absolute atomic E-state index is 0.171. The van der Waals surface area contributed by atoms with Crippen LogP contribution < -0.4 is 10.1 Å². The lowest BCUT2D eigenvalue weighted by Crippen LogP contribution is -2.13. The van der Waals surface area contributed by atoms with E-state index in [-0.39, 0.29) is 12.3 Å². The summed E-state index contributed by atoms with van der Waals surface area (Å²) in [5.74, 6) is 1.29. The number of rotatable bonds is 7. The Hall–Kier alpha value is -3.30. The Morgan fingerprint density at radius 2 is 2.14 bits per heavy atom. The fourth-order valence-corrected chi connectivity index (χ4v) is 2.85. The summed E-state index contributed by atoms with van der Waals surface area (Å²) >= 11 is 6.16. The Bertz CT molecular complexity index is 1020. The quantitative estimate of drug-likeness (QED) is 0.618. The molecule has 7 heteroatoms. The Kier molecular flexibility index (Phi) is 6.30. The van der Waals surface area contributed by atoms with Gasteiger partial charge in [-0.15, -0.1) is 0 Å². The normalized spacial score (nSPS) is 10.3. The molecule has 6 nitrogen and oxygen atoms in total. The topological polar surface area (TPSA) is 88.1 Å². The third-order valence-corrected chi connectivity index (χ3v) is 4.27. The van der Waals surface area contributed by atoms with Gasteiger partial charge in [-0.2, -0.15) is 5.26 Å². The number of anilines is 1. The smallest absolute Gasteiger partial charge is 0.224 e. The molecule has 0 saturated heterocycles. The van der Waals surface area contributed by atoms with Crippen molar-refractivity contribution in [2.45, 2.75) is 19.8 Å². The van der Waals surface area contributed by atoms with E-state index in [0.29, 0.717) is 46.7 Å². The first-order valence-electron chi connectivity index (χ1n) is 8.77. The van der Waals surface area contributed by atoms with Gasteiger partial charge in [-0.3, -0.25) is 4.79 Å². The van der Waals surface area contributed by atoms with E-state index in [1.165, 1.54) is 0 Å². The summed E-state index contributed by atoms with van der Waals surface area (Å²) in [7, 11) is 0. The molecule has 0 saturated carbocycles. The van der Waals surface area contributed by atoms with E-state index in [1.54, 1.807) is 30.5 Å². The van der Waals surface area contributed by atoms with Crippen molar-refractivity contribution in [3.63, 3.8) is 0 Å². The predicted octanol–water partition coefficient (Wildman–Crippen LogP) is 4.84. The molecule has 3 aromatic rings. The van der Waals surface area contributed by atoms with Crippen molar-refractivity contribution in [2.75, 3.05) is 11.9 Å². The molecule has 0 aliphatic heterocycles. The molecule has 142 valence electrons. The number of carbonyl (C=O) groups is 1. The van der Waals surface area contributed by atoms with E-state index in [0.717, 1.165) is 5.56 Å². The lowest BCUT2D eigenvalue weighted by Gasteiger charge is -2.11. The van der Waals surface area contributed by atoms with Crippen LogP contribution in [0.4, 0.5) is 5.69 Å². The zero-order valence-electron chi connectivity index (χ0n) is 15.2. The highest BCUT2D eigenvalue weighted by Crippen LogP contribution is 2.29. The minimum Gasteiger partial charge on any atom is -0.492 e. The highest BCUT2D eigenvalue weighted by molar-refractivity contribution is 6.33. The summed E-state index contributed by atoms with van der Waals surface area (Å²) in [6.45, 7) is 2.30. The fourth-order valence-electron chi connectivity index (χ4n) is 2.62. The van der Waals surface area contributed by atoms with Crippen LogP contribution in [-0.2, 0) is 11.2 Å². The van der Waals surface area contributed by atoms with Crippen molar-refractivity contribution in [3.8, 4) is 23.1 Å². The van der Waals surface area contributed by atoms with E-state index in [9.17, 15) is 4.79 Å². The van der Waals surface area contributed by atoms with Crippen molar-refractivity contribution in [1.29, 1.82) is 5.26 Å². The molecule has 0 spiro atoms. The maximum atomic E-state index is 12.3. The lowest BCUT2D eigenvalue weighted by atomic mass is 10.2. The number of benzene rings is 2. The number of nitrogens with one attached hydrogen (secondary N) is 1. The van der Waals surface area contributed by atoms with Crippen LogP contribution in [0.1, 0.15) is 24.8 Å². The number of amides is 1. The molecule has 0 atom stereocenters. The number of aryl methyl sites for hydroxylation is 1. The fraction of sp³-hybridized carbons (Fsp3) is 0.190. The second-order valence-corrected chi connectivity index (χ2v) is 6.31. The highest BCUT2D eigenvalue weighted by Gasteiger charge is 2.13.